The van der Waals surface area contributed by atoms with Crippen LogP contribution in [0.15, 0.2) is 48.5 Å². The molecule has 0 aliphatic rings. The Labute approximate surface area is 151 Å². The summed E-state index contributed by atoms with van der Waals surface area (Å²) in [5.74, 6) is 0.715. The van der Waals surface area contributed by atoms with E-state index >= 15 is 0 Å². The molecule has 3 N–H and O–H groups in total. The highest BCUT2D eigenvalue weighted by Gasteiger charge is 2.11. The Hall–Kier alpha value is -2.73. The molecule has 0 bridgehead atoms. The molecule has 132 valence electrons. The fraction of sp³-hybridized carbons (Fsp3) is 0.222. The van der Waals surface area contributed by atoms with Gasteiger partial charge in [0.15, 0.2) is 5.75 Å². The number of halogens is 1. The van der Waals surface area contributed by atoms with Crippen molar-refractivity contribution in [1.29, 1.82) is 0 Å². The molecule has 0 aliphatic carbocycles. The van der Waals surface area contributed by atoms with E-state index < -0.39 is 11.9 Å². The van der Waals surface area contributed by atoms with E-state index in [-0.39, 0.29) is 12.6 Å². The van der Waals surface area contributed by atoms with Crippen molar-refractivity contribution in [3.63, 3.8) is 0 Å². The maximum atomic E-state index is 11.9. The van der Waals surface area contributed by atoms with Crippen molar-refractivity contribution in [3.8, 4) is 11.5 Å². The van der Waals surface area contributed by atoms with Crippen LogP contribution in [-0.4, -0.2) is 24.5 Å². The Bertz CT molecular complexity index is 736. The van der Waals surface area contributed by atoms with Gasteiger partial charge in [-0.3, -0.25) is 10.1 Å². The fourth-order valence-corrected chi connectivity index (χ4v) is 2.16. The first-order valence-corrected chi connectivity index (χ1v) is 8.18. The van der Waals surface area contributed by atoms with E-state index in [9.17, 15) is 9.59 Å². The lowest BCUT2D eigenvalue weighted by atomic mass is 10.2. The summed E-state index contributed by atoms with van der Waals surface area (Å²) in [7, 11) is 0. The first-order valence-electron chi connectivity index (χ1n) is 7.80. The predicted octanol–water partition coefficient (Wildman–Crippen LogP) is 3.78. The number of urea groups is 1. The SMILES string of the molecule is CC(C)NC(=O)NC(=O)CNc1cc(Cl)ccc1Oc1ccccc1. The molecule has 25 heavy (non-hydrogen) atoms. The summed E-state index contributed by atoms with van der Waals surface area (Å²) >= 11 is 6.02. The number of carbonyl (C=O) groups excluding carboxylic acids is 2. The van der Waals surface area contributed by atoms with Crippen LogP contribution in [0.4, 0.5) is 10.5 Å². The largest absolute Gasteiger partial charge is 0.455 e. The second-order valence-corrected chi connectivity index (χ2v) is 6.02. The number of nitrogens with one attached hydrogen (secondary N) is 3. The van der Waals surface area contributed by atoms with E-state index in [1.165, 1.54) is 0 Å². The van der Waals surface area contributed by atoms with Gasteiger partial charge in [-0.2, -0.15) is 0 Å². The van der Waals surface area contributed by atoms with Gasteiger partial charge >= 0.3 is 6.03 Å². The molecule has 0 saturated carbocycles. The van der Waals surface area contributed by atoms with Gasteiger partial charge in [0.1, 0.15) is 5.75 Å². The van der Waals surface area contributed by atoms with Crippen LogP contribution >= 0.6 is 11.6 Å². The minimum atomic E-state index is -0.534. The molecular formula is C18H20ClN3O3. The molecule has 0 atom stereocenters. The normalized spacial score (nSPS) is 10.2. The number of rotatable bonds is 6. The van der Waals surface area contributed by atoms with Gasteiger partial charge in [-0.05, 0) is 44.2 Å². The van der Waals surface area contributed by atoms with Crippen LogP contribution in [0.2, 0.25) is 5.02 Å². The van der Waals surface area contributed by atoms with Crippen molar-refractivity contribution in [2.75, 3.05) is 11.9 Å². The Morgan fingerprint density at radius 2 is 1.84 bits per heavy atom. The molecule has 0 fully saturated rings. The zero-order valence-corrected chi connectivity index (χ0v) is 14.8. The van der Waals surface area contributed by atoms with Gasteiger partial charge in [-0.1, -0.05) is 29.8 Å². The van der Waals surface area contributed by atoms with Crippen molar-refractivity contribution in [2.24, 2.45) is 0 Å². The van der Waals surface area contributed by atoms with Crippen molar-refractivity contribution in [3.05, 3.63) is 53.6 Å². The van der Waals surface area contributed by atoms with Crippen LogP contribution in [0.3, 0.4) is 0 Å². The Kier molecular flexibility index (Phi) is 6.65. The number of imide groups is 1. The summed E-state index contributed by atoms with van der Waals surface area (Å²) in [5.41, 5.74) is 0.552. The minimum Gasteiger partial charge on any atom is -0.455 e. The van der Waals surface area contributed by atoms with Crippen molar-refractivity contribution in [2.45, 2.75) is 19.9 Å². The topological polar surface area (TPSA) is 79.5 Å². The highest BCUT2D eigenvalue weighted by molar-refractivity contribution is 6.31. The number of amides is 3. The standard InChI is InChI=1S/C18H20ClN3O3/c1-12(2)21-18(24)22-17(23)11-20-15-10-13(19)8-9-16(15)25-14-6-4-3-5-7-14/h3-10,12,20H,11H2,1-2H3,(H2,21,22,23,24). The Balaban J connectivity index is 2.00. The van der Waals surface area contributed by atoms with Crippen LogP contribution in [0.25, 0.3) is 0 Å². The van der Waals surface area contributed by atoms with Crippen molar-refractivity contribution in [1.82, 2.24) is 10.6 Å². The van der Waals surface area contributed by atoms with Crippen LogP contribution < -0.4 is 20.7 Å². The number of hydrogen-bond acceptors (Lipinski definition) is 4. The molecular weight excluding hydrogens is 342 g/mol. The fourth-order valence-electron chi connectivity index (χ4n) is 1.99. The third-order valence-electron chi connectivity index (χ3n) is 3.02. The van der Waals surface area contributed by atoms with Crippen molar-refractivity contribution >= 4 is 29.2 Å². The lowest BCUT2D eigenvalue weighted by Crippen LogP contribution is -2.44. The summed E-state index contributed by atoms with van der Waals surface area (Å²) in [5, 5.41) is 8.25. The molecule has 0 spiro atoms. The molecule has 0 aliphatic heterocycles. The second-order valence-electron chi connectivity index (χ2n) is 5.59. The Morgan fingerprint density at radius 3 is 2.52 bits per heavy atom. The molecule has 2 aromatic rings. The summed E-state index contributed by atoms with van der Waals surface area (Å²) in [6.45, 7) is 3.51. The summed E-state index contributed by atoms with van der Waals surface area (Å²) < 4.78 is 5.80. The maximum absolute atomic E-state index is 11.9. The number of benzene rings is 2. The van der Waals surface area contributed by atoms with Crippen molar-refractivity contribution < 1.29 is 14.3 Å². The quantitative estimate of drug-likeness (QED) is 0.731. The highest BCUT2D eigenvalue weighted by Crippen LogP contribution is 2.31. The molecule has 0 radical (unpaired) electrons. The molecule has 0 saturated heterocycles. The monoisotopic (exact) mass is 361 g/mol. The molecule has 0 heterocycles. The number of carbonyl (C=O) groups is 2. The molecule has 0 unspecified atom stereocenters. The number of ether oxygens (including phenoxy) is 1. The minimum absolute atomic E-state index is 0.0560. The maximum Gasteiger partial charge on any atom is 0.321 e. The van der Waals surface area contributed by atoms with Crippen LogP contribution in [-0.2, 0) is 4.79 Å². The first-order chi connectivity index (χ1) is 11.9. The summed E-state index contributed by atoms with van der Waals surface area (Å²) in [6, 6.07) is 13.7. The zero-order valence-electron chi connectivity index (χ0n) is 14.0. The van der Waals surface area contributed by atoms with Crippen LogP contribution in [0.5, 0.6) is 11.5 Å². The van der Waals surface area contributed by atoms with E-state index in [1.54, 1.807) is 18.2 Å². The number of anilines is 1. The van der Waals surface area contributed by atoms with Gasteiger partial charge in [0.2, 0.25) is 5.91 Å². The molecule has 7 heteroatoms. The Morgan fingerprint density at radius 1 is 1.12 bits per heavy atom. The zero-order chi connectivity index (χ0) is 18.2. The number of hydrogen-bond donors (Lipinski definition) is 3. The molecule has 2 aromatic carbocycles. The lowest BCUT2D eigenvalue weighted by Gasteiger charge is -2.14. The van der Waals surface area contributed by atoms with E-state index in [0.717, 1.165) is 0 Å². The van der Waals surface area contributed by atoms with E-state index in [1.807, 2.05) is 44.2 Å². The smallest absolute Gasteiger partial charge is 0.321 e. The predicted molar refractivity (Wildman–Crippen MR) is 98.3 cm³/mol. The van der Waals surface area contributed by atoms with E-state index in [4.69, 9.17) is 16.3 Å². The van der Waals surface area contributed by atoms with Gasteiger partial charge in [0, 0.05) is 11.1 Å². The van der Waals surface area contributed by atoms with E-state index in [0.29, 0.717) is 22.2 Å². The first kappa shape index (κ1) is 18.6. The molecule has 3 amide bonds. The average Bonchev–Trinajstić information content (AvgIpc) is 2.55. The molecule has 2 rings (SSSR count). The van der Waals surface area contributed by atoms with Gasteiger partial charge in [0.25, 0.3) is 0 Å². The number of para-hydroxylation sites is 1. The van der Waals surface area contributed by atoms with Gasteiger partial charge in [-0.25, -0.2) is 4.79 Å². The lowest BCUT2D eigenvalue weighted by molar-refractivity contribution is -0.118. The third kappa shape index (κ3) is 6.35. The van der Waals surface area contributed by atoms with Gasteiger partial charge in [-0.15, -0.1) is 0 Å². The van der Waals surface area contributed by atoms with Gasteiger partial charge < -0.3 is 15.4 Å². The third-order valence-corrected chi connectivity index (χ3v) is 3.26. The van der Waals surface area contributed by atoms with Gasteiger partial charge in [0.05, 0.1) is 12.2 Å². The summed E-state index contributed by atoms with van der Waals surface area (Å²) in [6.07, 6.45) is 0. The highest BCUT2D eigenvalue weighted by atomic mass is 35.5. The molecule has 6 nitrogen and oxygen atoms in total. The summed E-state index contributed by atoms with van der Waals surface area (Å²) in [4.78, 5) is 23.4. The molecule has 0 aromatic heterocycles. The van der Waals surface area contributed by atoms with Crippen LogP contribution in [0.1, 0.15) is 13.8 Å². The van der Waals surface area contributed by atoms with Crippen LogP contribution in [0, 0.1) is 0 Å². The average molecular weight is 362 g/mol. The second kappa shape index (κ2) is 8.94. The van der Waals surface area contributed by atoms with E-state index in [2.05, 4.69) is 16.0 Å².